The van der Waals surface area contributed by atoms with Crippen molar-refractivity contribution < 1.29 is 0 Å². The van der Waals surface area contributed by atoms with Crippen molar-refractivity contribution in [1.82, 2.24) is 9.97 Å². The Balaban J connectivity index is 2.18. The average Bonchev–Trinajstić information content (AvgIpc) is 2.63. The number of thiophene rings is 1. The van der Waals surface area contributed by atoms with Crippen LogP contribution in [0.5, 0.6) is 0 Å². The van der Waals surface area contributed by atoms with Gasteiger partial charge in [0, 0.05) is 15.8 Å². The number of aromatic amines is 1. The van der Waals surface area contributed by atoms with Crippen molar-refractivity contribution in [3.8, 4) is 0 Å². The molecule has 0 aliphatic heterocycles. The fourth-order valence-electron chi connectivity index (χ4n) is 1.63. The Hall–Kier alpha value is -1.62. The number of anilines is 1. The maximum Gasteiger partial charge on any atom is 0.252 e. The highest BCUT2D eigenvalue weighted by Crippen LogP contribution is 2.24. The van der Waals surface area contributed by atoms with Gasteiger partial charge >= 0.3 is 0 Å². The predicted octanol–water partition coefficient (Wildman–Crippen LogP) is 2.62. The Bertz CT molecular complexity index is 573. The molecule has 0 saturated heterocycles. The van der Waals surface area contributed by atoms with Gasteiger partial charge in [-0.2, -0.15) is 0 Å². The van der Waals surface area contributed by atoms with Crippen molar-refractivity contribution in [3.05, 3.63) is 44.1 Å². The molecular weight excluding hydrogens is 234 g/mol. The van der Waals surface area contributed by atoms with Crippen molar-refractivity contribution >= 4 is 17.2 Å². The van der Waals surface area contributed by atoms with Crippen molar-refractivity contribution in [2.75, 3.05) is 5.32 Å². The molecule has 0 aliphatic carbocycles. The Kier molecular flexibility index (Phi) is 3.28. The van der Waals surface area contributed by atoms with Crippen LogP contribution in [0.4, 0.5) is 5.82 Å². The van der Waals surface area contributed by atoms with Gasteiger partial charge < -0.3 is 10.3 Å². The maximum atomic E-state index is 11.3. The van der Waals surface area contributed by atoms with Crippen LogP contribution in [0.1, 0.15) is 28.5 Å². The van der Waals surface area contributed by atoms with Crippen LogP contribution in [-0.2, 0) is 0 Å². The van der Waals surface area contributed by atoms with Gasteiger partial charge in [-0.1, -0.05) is 0 Å². The molecular formula is C12H15N3OS. The highest BCUT2D eigenvalue weighted by atomic mass is 32.1. The molecule has 0 bridgehead atoms. The number of hydrogen-bond donors (Lipinski definition) is 2. The van der Waals surface area contributed by atoms with Gasteiger partial charge in [0.05, 0.1) is 6.04 Å². The molecule has 0 fully saturated rings. The number of aryl methyl sites for hydroxylation is 2. The Labute approximate surface area is 104 Å². The Morgan fingerprint density at radius 3 is 2.76 bits per heavy atom. The number of hydrogen-bond acceptors (Lipinski definition) is 4. The summed E-state index contributed by atoms with van der Waals surface area (Å²) < 4.78 is 0. The fourth-order valence-corrected chi connectivity index (χ4v) is 2.51. The molecule has 2 N–H and O–H groups in total. The van der Waals surface area contributed by atoms with E-state index in [-0.39, 0.29) is 11.6 Å². The van der Waals surface area contributed by atoms with Crippen LogP contribution in [0.2, 0.25) is 0 Å². The van der Waals surface area contributed by atoms with E-state index in [9.17, 15) is 4.79 Å². The van der Waals surface area contributed by atoms with Crippen molar-refractivity contribution in [3.63, 3.8) is 0 Å². The Morgan fingerprint density at radius 2 is 2.18 bits per heavy atom. The highest BCUT2D eigenvalue weighted by Gasteiger charge is 2.08. The predicted molar refractivity (Wildman–Crippen MR) is 70.7 cm³/mol. The molecule has 0 spiro atoms. The maximum absolute atomic E-state index is 11.3. The van der Waals surface area contributed by atoms with Gasteiger partial charge in [0.25, 0.3) is 5.56 Å². The van der Waals surface area contributed by atoms with Crippen LogP contribution in [-0.4, -0.2) is 9.97 Å². The molecule has 2 rings (SSSR count). The molecule has 0 radical (unpaired) electrons. The lowest BCUT2D eigenvalue weighted by Crippen LogP contribution is -2.13. The van der Waals surface area contributed by atoms with E-state index in [0.717, 1.165) is 0 Å². The first-order valence-corrected chi connectivity index (χ1v) is 6.27. The molecule has 2 heterocycles. The molecule has 2 aromatic heterocycles. The number of H-pyrrole nitrogens is 1. The van der Waals surface area contributed by atoms with Gasteiger partial charge in [-0.05, 0) is 32.9 Å². The molecule has 2 aromatic rings. The molecule has 0 aliphatic rings. The zero-order valence-electron chi connectivity index (χ0n) is 10.1. The lowest BCUT2D eigenvalue weighted by Gasteiger charge is -2.12. The van der Waals surface area contributed by atoms with Crippen molar-refractivity contribution in [2.45, 2.75) is 26.8 Å². The zero-order valence-corrected chi connectivity index (χ0v) is 10.9. The molecule has 5 heteroatoms. The summed E-state index contributed by atoms with van der Waals surface area (Å²) in [6.45, 7) is 5.91. The number of nitrogens with one attached hydrogen (secondary N) is 2. The van der Waals surface area contributed by atoms with E-state index in [1.54, 1.807) is 18.3 Å². The minimum absolute atomic E-state index is 0.130. The summed E-state index contributed by atoms with van der Waals surface area (Å²) in [5.41, 5.74) is -0.130. The number of aromatic nitrogens is 2. The normalized spacial score (nSPS) is 12.4. The third-order valence-electron chi connectivity index (χ3n) is 2.41. The SMILES string of the molecule is Cc1nc(NC(C)c2ccc(C)s2)cc(=O)[nH]1. The first-order valence-electron chi connectivity index (χ1n) is 5.45. The van der Waals surface area contributed by atoms with Gasteiger partial charge in [-0.3, -0.25) is 4.79 Å². The topological polar surface area (TPSA) is 57.8 Å². The summed E-state index contributed by atoms with van der Waals surface area (Å²) in [5, 5.41) is 3.23. The van der Waals surface area contributed by atoms with Crippen molar-refractivity contribution in [1.29, 1.82) is 0 Å². The van der Waals surface area contributed by atoms with E-state index < -0.39 is 0 Å². The van der Waals surface area contributed by atoms with Gasteiger partial charge in [0.15, 0.2) is 0 Å². The van der Waals surface area contributed by atoms with E-state index in [2.05, 4.69) is 41.3 Å². The molecule has 4 nitrogen and oxygen atoms in total. The van der Waals surface area contributed by atoms with Gasteiger partial charge in [0.1, 0.15) is 11.6 Å². The van der Waals surface area contributed by atoms with E-state index in [0.29, 0.717) is 11.6 Å². The highest BCUT2D eigenvalue weighted by molar-refractivity contribution is 7.12. The molecule has 1 unspecified atom stereocenters. The third kappa shape index (κ3) is 2.94. The summed E-state index contributed by atoms with van der Waals surface area (Å²) >= 11 is 1.75. The summed E-state index contributed by atoms with van der Waals surface area (Å²) in [6.07, 6.45) is 0. The second-order valence-corrected chi connectivity index (χ2v) is 5.35. The number of rotatable bonds is 3. The van der Waals surface area contributed by atoms with Gasteiger partial charge in [0.2, 0.25) is 0 Å². The van der Waals surface area contributed by atoms with Crippen LogP contribution >= 0.6 is 11.3 Å². The van der Waals surface area contributed by atoms with Crippen LogP contribution in [0.15, 0.2) is 23.0 Å². The van der Waals surface area contributed by atoms with E-state index in [1.165, 1.54) is 15.8 Å². The van der Waals surface area contributed by atoms with Crippen LogP contribution in [0.25, 0.3) is 0 Å². The molecule has 0 aromatic carbocycles. The molecule has 1 atom stereocenters. The van der Waals surface area contributed by atoms with Crippen LogP contribution < -0.4 is 10.9 Å². The smallest absolute Gasteiger partial charge is 0.252 e. The van der Waals surface area contributed by atoms with Crippen LogP contribution in [0, 0.1) is 13.8 Å². The lowest BCUT2D eigenvalue weighted by atomic mass is 10.2. The van der Waals surface area contributed by atoms with E-state index >= 15 is 0 Å². The first-order chi connectivity index (χ1) is 8.04. The largest absolute Gasteiger partial charge is 0.363 e. The first kappa shape index (κ1) is 11.9. The minimum Gasteiger partial charge on any atom is -0.363 e. The minimum atomic E-state index is -0.130. The van der Waals surface area contributed by atoms with Gasteiger partial charge in [-0.15, -0.1) is 11.3 Å². The lowest BCUT2D eigenvalue weighted by molar-refractivity contribution is 0.883. The van der Waals surface area contributed by atoms with Crippen molar-refractivity contribution in [2.24, 2.45) is 0 Å². The second-order valence-electron chi connectivity index (χ2n) is 4.03. The van der Waals surface area contributed by atoms with Crippen LogP contribution in [0.3, 0.4) is 0 Å². The quantitative estimate of drug-likeness (QED) is 0.879. The monoisotopic (exact) mass is 249 g/mol. The number of nitrogens with zero attached hydrogens (tertiary/aromatic N) is 1. The third-order valence-corrected chi connectivity index (χ3v) is 3.60. The fraction of sp³-hybridized carbons (Fsp3) is 0.333. The second kappa shape index (κ2) is 4.71. The molecule has 90 valence electrons. The molecule has 0 amide bonds. The summed E-state index contributed by atoms with van der Waals surface area (Å²) in [4.78, 5) is 20.7. The van der Waals surface area contributed by atoms with Gasteiger partial charge in [-0.25, -0.2) is 4.98 Å². The standard InChI is InChI=1S/C12H15N3OS/c1-7-4-5-10(17-7)8(2)13-11-6-12(16)15-9(3)14-11/h4-6,8H,1-3H3,(H2,13,14,15,16). The average molecular weight is 249 g/mol. The zero-order chi connectivity index (χ0) is 12.4. The summed E-state index contributed by atoms with van der Waals surface area (Å²) in [5.74, 6) is 1.24. The van der Waals surface area contributed by atoms with E-state index in [4.69, 9.17) is 0 Å². The molecule has 17 heavy (non-hydrogen) atoms. The Morgan fingerprint density at radius 1 is 1.41 bits per heavy atom. The van der Waals surface area contributed by atoms with E-state index in [1.807, 2.05) is 0 Å². The summed E-state index contributed by atoms with van der Waals surface area (Å²) in [7, 11) is 0. The molecule has 0 saturated carbocycles. The summed E-state index contributed by atoms with van der Waals surface area (Å²) in [6, 6.07) is 5.82.